The molecule has 0 saturated heterocycles. The summed E-state index contributed by atoms with van der Waals surface area (Å²) in [5, 5.41) is 6.71. The van der Waals surface area contributed by atoms with Crippen LogP contribution in [-0.4, -0.2) is 39.3 Å². The number of nitrogens with zero attached hydrogens (tertiary/aromatic N) is 1. The van der Waals surface area contributed by atoms with Gasteiger partial charge in [0.05, 0.1) is 13.7 Å². The Hall–Kier alpha value is -1.96. The van der Waals surface area contributed by atoms with Gasteiger partial charge in [0.15, 0.2) is 5.96 Å². The molecule has 27 heavy (non-hydrogen) atoms. The second-order valence-corrected chi connectivity index (χ2v) is 6.49. The van der Waals surface area contributed by atoms with Crippen LogP contribution in [0, 0.1) is 6.92 Å². The number of fused-ring (bicyclic) bond motifs is 1. The van der Waals surface area contributed by atoms with Gasteiger partial charge in [0.25, 0.3) is 0 Å². The molecule has 5 nitrogen and oxygen atoms in total. The molecule has 0 saturated carbocycles. The van der Waals surface area contributed by atoms with Crippen LogP contribution in [0.1, 0.15) is 16.7 Å². The van der Waals surface area contributed by atoms with Crippen LogP contribution in [0.15, 0.2) is 47.5 Å². The number of aliphatic imine (C=N–C) groups is 1. The van der Waals surface area contributed by atoms with E-state index in [1.54, 1.807) is 14.2 Å². The lowest BCUT2D eigenvalue weighted by molar-refractivity contribution is 0.235. The van der Waals surface area contributed by atoms with E-state index in [0.717, 1.165) is 49.0 Å². The molecule has 0 aliphatic carbocycles. The highest BCUT2D eigenvalue weighted by Gasteiger charge is 2.22. The Labute approximate surface area is 178 Å². The van der Waals surface area contributed by atoms with Crippen molar-refractivity contribution in [2.24, 2.45) is 4.99 Å². The van der Waals surface area contributed by atoms with Gasteiger partial charge in [-0.2, -0.15) is 0 Å². The summed E-state index contributed by atoms with van der Waals surface area (Å²) < 4.78 is 11.3. The number of hydrogen-bond acceptors (Lipinski definition) is 3. The van der Waals surface area contributed by atoms with Crippen molar-refractivity contribution in [3.63, 3.8) is 0 Å². The predicted molar refractivity (Wildman–Crippen MR) is 121 cm³/mol. The Balaban J connectivity index is 0.00000261. The number of nitrogens with one attached hydrogen (secondary N) is 2. The summed E-state index contributed by atoms with van der Waals surface area (Å²) in [4.78, 5) is 4.29. The quantitative estimate of drug-likeness (QED) is 0.378. The average Bonchev–Trinajstić information content (AvgIpc) is 3.08. The molecule has 0 aromatic heterocycles. The Kier molecular flexibility index (Phi) is 8.22. The number of benzene rings is 2. The zero-order valence-electron chi connectivity index (χ0n) is 16.1. The van der Waals surface area contributed by atoms with Gasteiger partial charge in [0.2, 0.25) is 0 Å². The monoisotopic (exact) mass is 481 g/mol. The Morgan fingerprint density at radius 3 is 2.78 bits per heavy atom. The molecule has 6 heteroatoms. The van der Waals surface area contributed by atoms with Crippen molar-refractivity contribution in [3.8, 4) is 11.5 Å². The van der Waals surface area contributed by atoms with Crippen molar-refractivity contribution < 1.29 is 9.47 Å². The first-order valence-corrected chi connectivity index (χ1v) is 9.02. The first-order valence-electron chi connectivity index (χ1n) is 9.02. The zero-order valence-corrected chi connectivity index (χ0v) is 18.4. The third-order valence-electron chi connectivity index (χ3n) is 4.61. The summed E-state index contributed by atoms with van der Waals surface area (Å²) in [5.74, 6) is 2.72. The molecule has 1 atom stereocenters. The Morgan fingerprint density at radius 2 is 2.04 bits per heavy atom. The number of hydrogen-bond donors (Lipinski definition) is 2. The van der Waals surface area contributed by atoms with E-state index in [0.29, 0.717) is 0 Å². The number of methoxy groups -OCH3 is 1. The molecule has 1 heterocycles. The van der Waals surface area contributed by atoms with Gasteiger partial charge in [-0.15, -0.1) is 24.0 Å². The lowest BCUT2D eigenvalue weighted by atomic mass is 10.1. The molecular weight excluding hydrogens is 453 g/mol. The Morgan fingerprint density at radius 1 is 1.22 bits per heavy atom. The molecule has 0 fully saturated rings. The summed E-state index contributed by atoms with van der Waals surface area (Å²) in [5.41, 5.74) is 3.67. The zero-order chi connectivity index (χ0) is 18.4. The van der Waals surface area contributed by atoms with Crippen LogP contribution >= 0.6 is 24.0 Å². The molecule has 2 aromatic rings. The number of para-hydroxylation sites is 1. The van der Waals surface area contributed by atoms with Crippen LogP contribution in [0.25, 0.3) is 0 Å². The van der Waals surface area contributed by atoms with Gasteiger partial charge < -0.3 is 20.1 Å². The molecule has 2 aromatic carbocycles. The van der Waals surface area contributed by atoms with Crippen molar-refractivity contribution in [2.45, 2.75) is 25.9 Å². The van der Waals surface area contributed by atoms with Gasteiger partial charge >= 0.3 is 0 Å². The van der Waals surface area contributed by atoms with Crippen molar-refractivity contribution in [1.29, 1.82) is 0 Å². The maximum absolute atomic E-state index is 5.95. The predicted octanol–water partition coefficient (Wildman–Crippen LogP) is 3.33. The lowest BCUT2D eigenvalue weighted by Gasteiger charge is -2.16. The minimum atomic E-state index is 0. The van der Waals surface area contributed by atoms with Crippen molar-refractivity contribution in [2.75, 3.05) is 27.2 Å². The van der Waals surface area contributed by atoms with Crippen molar-refractivity contribution in [3.05, 3.63) is 59.2 Å². The second-order valence-electron chi connectivity index (χ2n) is 6.49. The van der Waals surface area contributed by atoms with Crippen LogP contribution in [0.5, 0.6) is 11.5 Å². The maximum Gasteiger partial charge on any atom is 0.191 e. The van der Waals surface area contributed by atoms with E-state index in [4.69, 9.17) is 9.47 Å². The van der Waals surface area contributed by atoms with Crippen LogP contribution in [0.2, 0.25) is 0 Å². The van der Waals surface area contributed by atoms with Gasteiger partial charge in [-0.25, -0.2) is 0 Å². The van der Waals surface area contributed by atoms with E-state index in [2.05, 4.69) is 52.9 Å². The van der Waals surface area contributed by atoms with Crippen LogP contribution < -0.4 is 20.1 Å². The first-order chi connectivity index (χ1) is 12.7. The highest BCUT2D eigenvalue weighted by atomic mass is 127. The third kappa shape index (κ3) is 5.76. The lowest BCUT2D eigenvalue weighted by Crippen LogP contribution is -2.42. The molecule has 146 valence electrons. The van der Waals surface area contributed by atoms with E-state index < -0.39 is 0 Å². The van der Waals surface area contributed by atoms with Crippen LogP contribution in [0.4, 0.5) is 0 Å². The largest absolute Gasteiger partial charge is 0.496 e. The second kappa shape index (κ2) is 10.4. The molecule has 0 spiro atoms. The topological polar surface area (TPSA) is 54.9 Å². The number of rotatable bonds is 6. The summed E-state index contributed by atoms with van der Waals surface area (Å²) >= 11 is 0. The number of halogens is 1. The standard InChI is InChI=1S/C21H27N3O2.HI/c1-15-8-9-16(12-20(15)25-3)10-11-23-21(22-2)24-14-18-13-17-6-4-5-7-19(17)26-18;/h4-9,12,18H,10-11,13-14H2,1-3H3,(H2,22,23,24);1H. The first kappa shape index (κ1) is 21.3. The van der Waals surface area contributed by atoms with E-state index in [1.165, 1.54) is 11.1 Å². The van der Waals surface area contributed by atoms with Gasteiger partial charge in [-0.3, -0.25) is 4.99 Å². The van der Waals surface area contributed by atoms with E-state index in [1.807, 2.05) is 12.1 Å². The van der Waals surface area contributed by atoms with Crippen LogP contribution in [-0.2, 0) is 12.8 Å². The van der Waals surface area contributed by atoms with E-state index >= 15 is 0 Å². The van der Waals surface area contributed by atoms with Crippen molar-refractivity contribution >= 4 is 29.9 Å². The number of guanidine groups is 1. The summed E-state index contributed by atoms with van der Waals surface area (Å²) in [6.45, 7) is 3.58. The summed E-state index contributed by atoms with van der Waals surface area (Å²) in [6, 6.07) is 14.5. The summed E-state index contributed by atoms with van der Waals surface area (Å²) in [6.07, 6.45) is 1.98. The average molecular weight is 481 g/mol. The molecule has 3 rings (SSSR count). The highest BCUT2D eigenvalue weighted by molar-refractivity contribution is 14.0. The maximum atomic E-state index is 5.95. The van der Waals surface area contributed by atoms with E-state index in [-0.39, 0.29) is 30.1 Å². The highest BCUT2D eigenvalue weighted by Crippen LogP contribution is 2.27. The molecule has 1 unspecified atom stereocenters. The molecule has 0 bridgehead atoms. The minimum Gasteiger partial charge on any atom is -0.496 e. The smallest absolute Gasteiger partial charge is 0.191 e. The molecule has 0 radical (unpaired) electrons. The van der Waals surface area contributed by atoms with Gasteiger partial charge in [-0.1, -0.05) is 30.3 Å². The Bertz CT molecular complexity index is 755. The molecule has 2 N–H and O–H groups in total. The van der Waals surface area contributed by atoms with E-state index in [9.17, 15) is 0 Å². The minimum absolute atomic E-state index is 0. The van der Waals surface area contributed by atoms with Crippen molar-refractivity contribution in [1.82, 2.24) is 10.6 Å². The fourth-order valence-electron chi connectivity index (χ4n) is 3.14. The molecule has 1 aliphatic rings. The van der Waals surface area contributed by atoms with Crippen LogP contribution in [0.3, 0.4) is 0 Å². The SMILES string of the molecule is CN=C(NCCc1ccc(C)c(OC)c1)NCC1Cc2ccccc2O1.I. The third-order valence-corrected chi connectivity index (χ3v) is 4.61. The molecular formula is C21H28IN3O2. The normalized spacial score (nSPS) is 15.4. The fraction of sp³-hybridized carbons (Fsp3) is 0.381. The fourth-order valence-corrected chi connectivity index (χ4v) is 3.14. The number of aryl methyl sites for hydroxylation is 1. The van der Waals surface area contributed by atoms with Gasteiger partial charge in [0, 0.05) is 20.0 Å². The van der Waals surface area contributed by atoms with Gasteiger partial charge in [0.1, 0.15) is 17.6 Å². The molecule has 1 aliphatic heterocycles. The number of ether oxygens (including phenoxy) is 2. The molecule has 0 amide bonds. The van der Waals surface area contributed by atoms with Gasteiger partial charge in [-0.05, 0) is 42.2 Å². The summed E-state index contributed by atoms with van der Waals surface area (Å²) in [7, 11) is 3.49.